The molecule has 3 nitrogen and oxygen atoms in total. The van der Waals surface area contributed by atoms with Crippen LogP contribution in [0.25, 0.3) is 0 Å². The smallest absolute Gasteiger partial charge is 0.389 e. The first-order valence-corrected chi connectivity index (χ1v) is 5.48. The van der Waals surface area contributed by atoms with E-state index < -0.39 is 9.28 Å². The first kappa shape index (κ1) is 11.1. The average Bonchev–Trinajstić information content (AvgIpc) is 2.03. The summed E-state index contributed by atoms with van der Waals surface area (Å²) in [5.74, 6) is 0. The van der Waals surface area contributed by atoms with Crippen molar-refractivity contribution in [2.75, 3.05) is 19.8 Å². The van der Waals surface area contributed by atoms with Gasteiger partial charge in [0.25, 0.3) is 0 Å². The van der Waals surface area contributed by atoms with Crippen molar-refractivity contribution in [1.82, 2.24) is 0 Å². The van der Waals surface area contributed by atoms with Gasteiger partial charge in [0.1, 0.15) is 0 Å². The molecule has 0 aromatic rings. The zero-order chi connectivity index (χ0) is 8.69. The molecule has 0 fully saturated rings. The molecule has 67 valence electrons. The van der Waals surface area contributed by atoms with Crippen LogP contribution in [-0.4, -0.2) is 29.0 Å². The molecule has 0 aliphatic rings. The van der Waals surface area contributed by atoms with Crippen LogP contribution in [0.2, 0.25) is 5.54 Å². The minimum Gasteiger partial charge on any atom is -0.393 e. The minimum absolute atomic E-state index is 0.375. The average molecular weight is 176 g/mol. The van der Waals surface area contributed by atoms with Crippen molar-refractivity contribution in [3.63, 3.8) is 0 Å². The molecule has 0 aromatic carbocycles. The Morgan fingerprint density at radius 3 is 2.00 bits per heavy atom. The molecule has 4 heteroatoms. The SMILES string of the molecule is CCO[Si](OCC)C(C)CN. The van der Waals surface area contributed by atoms with Crippen LogP contribution in [-0.2, 0) is 8.85 Å². The Balaban J connectivity index is 3.66. The van der Waals surface area contributed by atoms with Gasteiger partial charge < -0.3 is 14.6 Å². The molecule has 0 aromatic heterocycles. The largest absolute Gasteiger partial charge is 0.393 e. The second-order valence-corrected chi connectivity index (χ2v) is 4.52. The fourth-order valence-corrected chi connectivity index (χ4v) is 2.12. The molecule has 0 bridgehead atoms. The maximum Gasteiger partial charge on any atom is 0.389 e. The molecule has 0 saturated heterocycles. The molecule has 0 rings (SSSR count). The third kappa shape index (κ3) is 4.52. The van der Waals surface area contributed by atoms with Gasteiger partial charge in [0.05, 0.1) is 0 Å². The minimum atomic E-state index is -1.10. The Bertz CT molecular complexity index is 86.5. The van der Waals surface area contributed by atoms with Crippen molar-refractivity contribution >= 4 is 9.28 Å². The fraction of sp³-hybridized carbons (Fsp3) is 1.00. The monoisotopic (exact) mass is 176 g/mol. The lowest BCUT2D eigenvalue weighted by Gasteiger charge is -2.17. The summed E-state index contributed by atoms with van der Waals surface area (Å²) in [6.45, 7) is 8.12. The summed E-state index contributed by atoms with van der Waals surface area (Å²) >= 11 is 0. The highest BCUT2D eigenvalue weighted by Gasteiger charge is 2.21. The summed E-state index contributed by atoms with van der Waals surface area (Å²) in [4.78, 5) is 0. The van der Waals surface area contributed by atoms with Gasteiger partial charge >= 0.3 is 9.28 Å². The van der Waals surface area contributed by atoms with E-state index in [9.17, 15) is 0 Å². The summed E-state index contributed by atoms with van der Waals surface area (Å²) in [6, 6.07) is 0. The van der Waals surface area contributed by atoms with Gasteiger partial charge in [-0.25, -0.2) is 0 Å². The number of hydrogen-bond donors (Lipinski definition) is 1. The predicted molar refractivity (Wildman–Crippen MR) is 47.5 cm³/mol. The van der Waals surface area contributed by atoms with E-state index in [1.165, 1.54) is 0 Å². The van der Waals surface area contributed by atoms with Gasteiger partial charge in [-0.1, -0.05) is 6.92 Å². The molecule has 1 unspecified atom stereocenters. The molecule has 0 heterocycles. The standard InChI is InChI=1S/C7H18NO2Si/c1-4-9-11(10-5-2)7(3)6-8/h7H,4-6,8H2,1-3H3. The van der Waals surface area contributed by atoms with Crippen molar-refractivity contribution in [2.24, 2.45) is 5.73 Å². The van der Waals surface area contributed by atoms with E-state index >= 15 is 0 Å². The summed E-state index contributed by atoms with van der Waals surface area (Å²) in [5, 5.41) is 0. The van der Waals surface area contributed by atoms with Crippen molar-refractivity contribution in [2.45, 2.75) is 26.3 Å². The van der Waals surface area contributed by atoms with E-state index in [4.69, 9.17) is 14.6 Å². The van der Waals surface area contributed by atoms with Gasteiger partial charge in [-0.2, -0.15) is 0 Å². The quantitative estimate of drug-likeness (QED) is 0.611. The molecule has 0 amide bonds. The van der Waals surface area contributed by atoms with Crippen LogP contribution in [0.15, 0.2) is 0 Å². The van der Waals surface area contributed by atoms with Crippen LogP contribution >= 0.6 is 0 Å². The number of rotatable bonds is 6. The predicted octanol–water partition coefficient (Wildman–Crippen LogP) is 0.896. The Hall–Kier alpha value is 0.0969. The summed E-state index contributed by atoms with van der Waals surface area (Å²) < 4.78 is 10.9. The second kappa shape index (κ2) is 6.79. The van der Waals surface area contributed by atoms with Crippen LogP contribution < -0.4 is 5.73 Å². The number of nitrogens with two attached hydrogens (primary N) is 1. The van der Waals surface area contributed by atoms with E-state index in [2.05, 4.69) is 6.92 Å². The molecule has 2 N–H and O–H groups in total. The van der Waals surface area contributed by atoms with E-state index in [1.54, 1.807) is 0 Å². The Kier molecular flexibility index (Phi) is 6.85. The van der Waals surface area contributed by atoms with E-state index in [0.29, 0.717) is 12.1 Å². The fourth-order valence-electron chi connectivity index (χ4n) is 0.707. The van der Waals surface area contributed by atoms with Crippen LogP contribution in [0, 0.1) is 0 Å². The van der Waals surface area contributed by atoms with E-state index in [-0.39, 0.29) is 0 Å². The maximum absolute atomic E-state index is 5.50. The van der Waals surface area contributed by atoms with Crippen molar-refractivity contribution in [3.8, 4) is 0 Å². The van der Waals surface area contributed by atoms with Gasteiger partial charge in [0.2, 0.25) is 0 Å². The van der Waals surface area contributed by atoms with Gasteiger partial charge in [-0.3, -0.25) is 0 Å². The Morgan fingerprint density at radius 1 is 1.27 bits per heavy atom. The van der Waals surface area contributed by atoms with Crippen LogP contribution in [0.4, 0.5) is 0 Å². The van der Waals surface area contributed by atoms with Gasteiger partial charge in [-0.15, -0.1) is 0 Å². The lowest BCUT2D eigenvalue weighted by molar-refractivity contribution is 0.206. The second-order valence-electron chi connectivity index (χ2n) is 2.32. The molecule has 0 aliphatic heterocycles. The Labute approximate surface area is 70.7 Å². The molecule has 11 heavy (non-hydrogen) atoms. The van der Waals surface area contributed by atoms with Gasteiger partial charge in [-0.05, 0) is 20.4 Å². The Morgan fingerprint density at radius 2 is 1.73 bits per heavy atom. The molecule has 0 aliphatic carbocycles. The highest BCUT2D eigenvalue weighted by molar-refractivity contribution is 6.46. The first-order chi connectivity index (χ1) is 5.26. The lowest BCUT2D eigenvalue weighted by Crippen LogP contribution is -2.31. The van der Waals surface area contributed by atoms with Crippen LogP contribution in [0.3, 0.4) is 0 Å². The summed E-state index contributed by atoms with van der Waals surface area (Å²) in [5.41, 5.74) is 5.87. The maximum atomic E-state index is 5.50. The van der Waals surface area contributed by atoms with E-state index in [0.717, 1.165) is 13.2 Å². The number of hydrogen-bond acceptors (Lipinski definition) is 3. The summed E-state index contributed by atoms with van der Waals surface area (Å²) in [6.07, 6.45) is 0. The van der Waals surface area contributed by atoms with Crippen LogP contribution in [0.1, 0.15) is 20.8 Å². The molecule has 1 radical (unpaired) electrons. The molecular weight excluding hydrogens is 158 g/mol. The normalized spacial score (nSPS) is 13.9. The lowest BCUT2D eigenvalue weighted by atomic mass is 10.5. The highest BCUT2D eigenvalue weighted by atomic mass is 28.3. The van der Waals surface area contributed by atoms with Crippen molar-refractivity contribution < 1.29 is 8.85 Å². The summed E-state index contributed by atoms with van der Waals surface area (Å²) in [7, 11) is -1.10. The van der Waals surface area contributed by atoms with Crippen molar-refractivity contribution in [3.05, 3.63) is 0 Å². The van der Waals surface area contributed by atoms with E-state index in [1.807, 2.05) is 13.8 Å². The topological polar surface area (TPSA) is 44.5 Å². The third-order valence-electron chi connectivity index (χ3n) is 1.33. The highest BCUT2D eigenvalue weighted by Crippen LogP contribution is 2.08. The molecule has 1 atom stereocenters. The molecule has 0 spiro atoms. The zero-order valence-electron chi connectivity index (χ0n) is 7.59. The zero-order valence-corrected chi connectivity index (χ0v) is 8.59. The third-order valence-corrected chi connectivity index (χ3v) is 3.52. The molecular formula is C7H18NO2Si. The molecule has 0 saturated carbocycles. The van der Waals surface area contributed by atoms with Crippen LogP contribution in [0.5, 0.6) is 0 Å². The van der Waals surface area contributed by atoms with Crippen molar-refractivity contribution in [1.29, 1.82) is 0 Å². The van der Waals surface area contributed by atoms with Gasteiger partial charge in [0.15, 0.2) is 0 Å². The first-order valence-electron chi connectivity index (χ1n) is 4.08. The van der Waals surface area contributed by atoms with Gasteiger partial charge in [0, 0.05) is 18.8 Å².